The van der Waals surface area contributed by atoms with E-state index in [0.29, 0.717) is 5.70 Å². The highest BCUT2D eigenvalue weighted by Gasteiger charge is 2.31. The molecule has 0 radical (unpaired) electrons. The Kier molecular flexibility index (Phi) is 10.9. The maximum absolute atomic E-state index is 13.5. The number of nitrogens with zero attached hydrogens (tertiary/aromatic N) is 1. The van der Waals surface area contributed by atoms with E-state index in [2.05, 4.69) is 11.9 Å². The van der Waals surface area contributed by atoms with Crippen LogP contribution in [0, 0.1) is 12.8 Å². The fourth-order valence-electron chi connectivity index (χ4n) is 4.18. The Balaban J connectivity index is 1.77. The van der Waals surface area contributed by atoms with Crippen molar-refractivity contribution in [3.05, 3.63) is 108 Å². The summed E-state index contributed by atoms with van der Waals surface area (Å²) >= 11 is 0. The van der Waals surface area contributed by atoms with Crippen LogP contribution in [0.15, 0.2) is 90.3 Å². The number of benzene rings is 3. The number of carbonyl (C=O) groups excluding carboxylic acids is 1. The Labute approximate surface area is 237 Å². The van der Waals surface area contributed by atoms with Crippen LogP contribution >= 0.6 is 0 Å². The first-order chi connectivity index (χ1) is 19.0. The monoisotopic (exact) mass is 565 g/mol. The number of amides is 1. The van der Waals surface area contributed by atoms with Crippen LogP contribution in [-0.4, -0.2) is 49.2 Å². The second kappa shape index (κ2) is 14.1. The van der Waals surface area contributed by atoms with Gasteiger partial charge in [-0.25, -0.2) is 13.2 Å². The lowest BCUT2D eigenvalue weighted by atomic mass is 10.0. The summed E-state index contributed by atoms with van der Waals surface area (Å²) in [6, 6.07) is 22.3. The lowest BCUT2D eigenvalue weighted by molar-refractivity contribution is 0.0873. The normalized spacial score (nSPS) is 13.2. The van der Waals surface area contributed by atoms with E-state index in [-0.39, 0.29) is 36.9 Å². The zero-order valence-electron chi connectivity index (χ0n) is 23.3. The van der Waals surface area contributed by atoms with Crippen LogP contribution in [-0.2, 0) is 27.8 Å². The number of sulfonamides is 1. The Morgan fingerprint density at radius 3 is 2.17 bits per heavy atom. The van der Waals surface area contributed by atoms with Crippen LogP contribution in [0.1, 0.15) is 36.1 Å². The molecule has 9 heteroatoms. The van der Waals surface area contributed by atoms with Gasteiger partial charge in [-0.15, -0.1) is 0 Å². The number of alkyl carbamates (subject to hydrolysis) is 1. The number of aliphatic hydroxyl groups is 1. The summed E-state index contributed by atoms with van der Waals surface area (Å²) in [7, 11) is -3.88. The lowest BCUT2D eigenvalue weighted by Crippen LogP contribution is -2.51. The van der Waals surface area contributed by atoms with E-state index < -0.39 is 28.3 Å². The molecule has 0 aliphatic rings. The third-order valence-corrected chi connectivity index (χ3v) is 8.22. The average Bonchev–Trinajstić information content (AvgIpc) is 2.92. The van der Waals surface area contributed by atoms with Gasteiger partial charge >= 0.3 is 6.09 Å². The molecular weight excluding hydrogens is 526 g/mol. The zero-order valence-corrected chi connectivity index (χ0v) is 24.1. The van der Waals surface area contributed by atoms with Crippen molar-refractivity contribution in [1.29, 1.82) is 0 Å². The summed E-state index contributed by atoms with van der Waals surface area (Å²) in [4.78, 5) is 13.0. The van der Waals surface area contributed by atoms with Crippen LogP contribution in [0.25, 0.3) is 5.70 Å². The van der Waals surface area contributed by atoms with Gasteiger partial charge in [0.1, 0.15) is 6.61 Å². The number of nitrogens with one attached hydrogen (secondary N) is 1. The topological polar surface area (TPSA) is 122 Å². The van der Waals surface area contributed by atoms with E-state index >= 15 is 0 Å². The van der Waals surface area contributed by atoms with Gasteiger partial charge in [0.2, 0.25) is 10.0 Å². The number of hydrogen-bond acceptors (Lipinski definition) is 6. The molecule has 0 bridgehead atoms. The standard InChI is InChI=1S/C31H39N3O5S/c1-22(2)19-34(40(37,38)28-16-10-23(3)11-17-28)20-30(35)29(18-25-8-6-5-7-9-25)33-31(36)39-21-26-12-14-27(15-13-26)24(4)32/h5-17,22,29-30,35H,4,18-21,32H2,1-3H3,(H,33,36). The quantitative estimate of drug-likeness (QED) is 0.281. The van der Waals surface area contributed by atoms with E-state index in [0.717, 1.165) is 22.3 Å². The summed E-state index contributed by atoms with van der Waals surface area (Å²) < 4.78 is 33.8. The average molecular weight is 566 g/mol. The minimum absolute atomic E-state index is 0.0125. The highest BCUT2D eigenvalue weighted by atomic mass is 32.2. The van der Waals surface area contributed by atoms with Crippen molar-refractivity contribution in [3.8, 4) is 0 Å². The Bertz CT molecular complexity index is 1360. The van der Waals surface area contributed by atoms with Gasteiger partial charge in [-0.05, 0) is 48.1 Å². The first kappa shape index (κ1) is 30.9. The molecular formula is C31H39N3O5S. The van der Waals surface area contributed by atoms with Crippen LogP contribution in [0.3, 0.4) is 0 Å². The third kappa shape index (κ3) is 8.94. The van der Waals surface area contributed by atoms with E-state index in [1.165, 1.54) is 4.31 Å². The van der Waals surface area contributed by atoms with Crippen molar-refractivity contribution in [1.82, 2.24) is 9.62 Å². The molecule has 0 fully saturated rings. The second-order valence-corrected chi connectivity index (χ2v) is 12.3. The number of aliphatic hydroxyl groups excluding tert-OH is 1. The summed E-state index contributed by atoms with van der Waals surface area (Å²) in [6.45, 7) is 9.44. The first-order valence-corrected chi connectivity index (χ1v) is 14.7. The Morgan fingerprint density at radius 2 is 1.60 bits per heavy atom. The Morgan fingerprint density at radius 1 is 0.975 bits per heavy atom. The van der Waals surface area contributed by atoms with Crippen molar-refractivity contribution < 1.29 is 23.1 Å². The fourth-order valence-corrected chi connectivity index (χ4v) is 5.80. The number of aryl methyl sites for hydroxylation is 1. The van der Waals surface area contributed by atoms with Crippen molar-refractivity contribution in [2.24, 2.45) is 11.7 Å². The summed E-state index contributed by atoms with van der Waals surface area (Å²) in [5, 5.41) is 14.1. The summed E-state index contributed by atoms with van der Waals surface area (Å²) in [6.07, 6.45) is -1.64. The Hall–Kier alpha value is -3.66. The van der Waals surface area contributed by atoms with Gasteiger partial charge in [-0.1, -0.05) is 92.7 Å². The SMILES string of the molecule is C=C(N)c1ccc(COC(=O)NC(Cc2ccccc2)C(O)CN(CC(C)C)S(=O)(=O)c2ccc(C)cc2)cc1. The van der Waals surface area contributed by atoms with Gasteiger partial charge in [-0.3, -0.25) is 0 Å². The van der Waals surface area contributed by atoms with E-state index in [1.54, 1.807) is 48.5 Å². The lowest BCUT2D eigenvalue weighted by Gasteiger charge is -2.30. The third-order valence-electron chi connectivity index (χ3n) is 6.38. The van der Waals surface area contributed by atoms with E-state index in [9.17, 15) is 18.3 Å². The van der Waals surface area contributed by atoms with Crippen molar-refractivity contribution in [2.45, 2.75) is 50.8 Å². The van der Waals surface area contributed by atoms with Crippen molar-refractivity contribution in [2.75, 3.05) is 13.1 Å². The maximum Gasteiger partial charge on any atom is 0.407 e. The molecule has 3 rings (SSSR count). The van der Waals surface area contributed by atoms with Gasteiger partial charge in [0, 0.05) is 18.8 Å². The molecule has 1 amide bonds. The number of nitrogens with two attached hydrogens (primary N) is 1. The molecule has 2 unspecified atom stereocenters. The molecule has 0 spiro atoms. The predicted molar refractivity (Wildman–Crippen MR) is 158 cm³/mol. The zero-order chi connectivity index (χ0) is 29.3. The molecule has 3 aromatic rings. The number of carbonyl (C=O) groups is 1. The predicted octanol–water partition coefficient (Wildman–Crippen LogP) is 4.47. The number of ether oxygens (including phenoxy) is 1. The van der Waals surface area contributed by atoms with Crippen LogP contribution in [0.2, 0.25) is 0 Å². The smallest absolute Gasteiger partial charge is 0.407 e. The maximum atomic E-state index is 13.5. The minimum Gasteiger partial charge on any atom is -0.445 e. The second-order valence-electron chi connectivity index (χ2n) is 10.3. The summed E-state index contributed by atoms with van der Waals surface area (Å²) in [5.41, 5.74) is 9.51. The van der Waals surface area contributed by atoms with Gasteiger partial charge in [-0.2, -0.15) is 4.31 Å². The van der Waals surface area contributed by atoms with Crippen LogP contribution in [0.4, 0.5) is 4.79 Å². The molecule has 3 aromatic carbocycles. The summed E-state index contributed by atoms with van der Waals surface area (Å²) in [5.74, 6) is 0.0146. The molecule has 214 valence electrons. The molecule has 0 aromatic heterocycles. The first-order valence-electron chi connectivity index (χ1n) is 13.2. The number of rotatable bonds is 13. The van der Waals surface area contributed by atoms with Crippen molar-refractivity contribution in [3.63, 3.8) is 0 Å². The molecule has 40 heavy (non-hydrogen) atoms. The molecule has 0 heterocycles. The highest BCUT2D eigenvalue weighted by Crippen LogP contribution is 2.20. The van der Waals surface area contributed by atoms with E-state index in [4.69, 9.17) is 10.5 Å². The fraction of sp³-hybridized carbons (Fsp3) is 0.323. The van der Waals surface area contributed by atoms with Gasteiger partial charge in [0.25, 0.3) is 0 Å². The van der Waals surface area contributed by atoms with E-state index in [1.807, 2.05) is 51.1 Å². The van der Waals surface area contributed by atoms with Gasteiger partial charge in [0.15, 0.2) is 0 Å². The molecule has 2 atom stereocenters. The minimum atomic E-state index is -3.88. The molecule has 4 N–H and O–H groups in total. The molecule has 0 aliphatic heterocycles. The van der Waals surface area contributed by atoms with Crippen LogP contribution in [0.5, 0.6) is 0 Å². The highest BCUT2D eigenvalue weighted by molar-refractivity contribution is 7.89. The molecule has 0 aliphatic carbocycles. The molecule has 8 nitrogen and oxygen atoms in total. The van der Waals surface area contributed by atoms with Crippen molar-refractivity contribution >= 4 is 21.8 Å². The molecule has 0 saturated heterocycles. The van der Waals surface area contributed by atoms with Crippen LogP contribution < -0.4 is 11.1 Å². The largest absolute Gasteiger partial charge is 0.445 e. The number of hydrogen-bond donors (Lipinski definition) is 3. The van der Waals surface area contributed by atoms with Gasteiger partial charge in [0.05, 0.1) is 17.0 Å². The molecule has 0 saturated carbocycles. The van der Waals surface area contributed by atoms with Gasteiger partial charge < -0.3 is 20.9 Å².